The van der Waals surface area contributed by atoms with Gasteiger partial charge in [-0.1, -0.05) is 12.2 Å². The Morgan fingerprint density at radius 1 is 1.67 bits per heavy atom. The van der Waals surface area contributed by atoms with E-state index in [0.29, 0.717) is 18.1 Å². The third-order valence-corrected chi connectivity index (χ3v) is 1.93. The van der Waals surface area contributed by atoms with E-state index >= 15 is 0 Å². The van der Waals surface area contributed by atoms with Gasteiger partial charge in [-0.3, -0.25) is 4.98 Å². The van der Waals surface area contributed by atoms with Crippen LogP contribution < -0.4 is 10.5 Å². The number of nitrogens with zero attached hydrogens (tertiary/aromatic N) is 1. The van der Waals surface area contributed by atoms with Crippen molar-refractivity contribution in [1.29, 1.82) is 0 Å². The van der Waals surface area contributed by atoms with Gasteiger partial charge in [0.1, 0.15) is 22.5 Å². The molecular formula is C10H14N2O2S. The first-order valence-corrected chi connectivity index (χ1v) is 4.95. The zero-order valence-electron chi connectivity index (χ0n) is 8.77. The molecule has 5 heteroatoms. The molecule has 0 spiro atoms. The Labute approximate surface area is 94.4 Å². The molecule has 82 valence electrons. The lowest BCUT2D eigenvalue weighted by Gasteiger charge is -2.13. The molecule has 1 rings (SSSR count). The van der Waals surface area contributed by atoms with Crippen LogP contribution in [0.5, 0.6) is 5.75 Å². The molecule has 1 heterocycles. The second-order valence-electron chi connectivity index (χ2n) is 3.12. The first-order chi connectivity index (χ1) is 7.13. The second kappa shape index (κ2) is 5.63. The molecule has 4 nitrogen and oxygen atoms in total. The van der Waals surface area contributed by atoms with E-state index < -0.39 is 0 Å². The fourth-order valence-corrected chi connectivity index (χ4v) is 1.23. The minimum atomic E-state index is -0.0170. The topological polar surface area (TPSA) is 57.4 Å². The van der Waals surface area contributed by atoms with Gasteiger partial charge in [-0.15, -0.1) is 0 Å². The maximum Gasteiger partial charge on any atom is 0.123 e. The predicted molar refractivity (Wildman–Crippen MR) is 62.1 cm³/mol. The summed E-state index contributed by atoms with van der Waals surface area (Å²) in [7, 11) is 1.63. The Kier molecular flexibility index (Phi) is 4.45. The molecule has 0 amide bonds. The van der Waals surface area contributed by atoms with Gasteiger partial charge < -0.3 is 15.2 Å². The molecule has 1 unspecified atom stereocenters. The lowest BCUT2D eigenvalue weighted by molar-refractivity contribution is 0.0920. The lowest BCUT2D eigenvalue weighted by atomic mass is 10.3. The average molecular weight is 226 g/mol. The van der Waals surface area contributed by atoms with E-state index in [1.54, 1.807) is 25.4 Å². The minimum absolute atomic E-state index is 0.0170. The average Bonchev–Trinajstić information content (AvgIpc) is 2.18. The number of rotatable bonds is 5. The molecule has 0 aromatic carbocycles. The first-order valence-electron chi connectivity index (χ1n) is 4.55. The van der Waals surface area contributed by atoms with Gasteiger partial charge in [0.2, 0.25) is 0 Å². The van der Waals surface area contributed by atoms with Crippen LogP contribution in [0.1, 0.15) is 12.6 Å². The van der Waals surface area contributed by atoms with Crippen molar-refractivity contribution in [2.75, 3.05) is 13.7 Å². The maximum absolute atomic E-state index is 5.57. The van der Waals surface area contributed by atoms with Crippen LogP contribution in [0.25, 0.3) is 0 Å². The van der Waals surface area contributed by atoms with Gasteiger partial charge in [0.15, 0.2) is 0 Å². The van der Waals surface area contributed by atoms with Crippen LogP contribution in [0.3, 0.4) is 0 Å². The van der Waals surface area contributed by atoms with Crippen molar-refractivity contribution < 1.29 is 9.47 Å². The number of nitrogens with two attached hydrogens (primary N) is 1. The lowest BCUT2D eigenvalue weighted by Crippen LogP contribution is -2.18. The monoisotopic (exact) mass is 226 g/mol. The molecule has 2 N–H and O–H groups in total. The Balaban J connectivity index is 2.69. The third-order valence-electron chi connectivity index (χ3n) is 1.72. The van der Waals surface area contributed by atoms with Crippen LogP contribution in [0.15, 0.2) is 18.3 Å². The second-order valence-corrected chi connectivity index (χ2v) is 3.56. The van der Waals surface area contributed by atoms with Gasteiger partial charge in [0, 0.05) is 19.4 Å². The summed E-state index contributed by atoms with van der Waals surface area (Å²) in [6.45, 7) is 2.45. The smallest absolute Gasteiger partial charge is 0.123 e. The zero-order chi connectivity index (χ0) is 11.3. The summed E-state index contributed by atoms with van der Waals surface area (Å²) in [5, 5.41) is 0. The number of hydrogen-bond donors (Lipinski definition) is 1. The van der Waals surface area contributed by atoms with E-state index in [1.165, 1.54) is 0 Å². The summed E-state index contributed by atoms with van der Waals surface area (Å²) in [4.78, 5) is 4.28. The van der Waals surface area contributed by atoms with Crippen LogP contribution in [-0.4, -0.2) is 29.8 Å². The predicted octanol–water partition coefficient (Wildman–Crippen LogP) is 1.13. The Hall–Kier alpha value is -1.20. The summed E-state index contributed by atoms with van der Waals surface area (Å²) in [6.07, 6.45) is 1.60. The molecular weight excluding hydrogens is 212 g/mol. The summed E-state index contributed by atoms with van der Waals surface area (Å²) >= 11 is 4.82. The van der Waals surface area contributed by atoms with Gasteiger partial charge >= 0.3 is 0 Å². The standard InChI is InChI=1S/C10H14N2O2S/c1-7(6-13-2)14-8-3-4-12-9(5-8)10(11)15/h3-5,7H,6H2,1-2H3,(H2,11,15). The molecule has 0 saturated carbocycles. The van der Waals surface area contributed by atoms with Crippen molar-refractivity contribution in [2.45, 2.75) is 13.0 Å². The van der Waals surface area contributed by atoms with Crippen molar-refractivity contribution in [3.05, 3.63) is 24.0 Å². The normalized spacial score (nSPS) is 12.1. The molecule has 0 aliphatic heterocycles. The first kappa shape index (κ1) is 11.9. The van der Waals surface area contributed by atoms with Crippen LogP contribution in [0.2, 0.25) is 0 Å². The van der Waals surface area contributed by atoms with Crippen molar-refractivity contribution >= 4 is 17.2 Å². The highest BCUT2D eigenvalue weighted by molar-refractivity contribution is 7.80. The van der Waals surface area contributed by atoms with Gasteiger partial charge in [-0.05, 0) is 13.0 Å². The minimum Gasteiger partial charge on any atom is -0.488 e. The highest BCUT2D eigenvalue weighted by Crippen LogP contribution is 2.12. The number of pyridine rings is 1. The summed E-state index contributed by atoms with van der Waals surface area (Å²) in [6, 6.07) is 3.47. The molecule has 0 radical (unpaired) electrons. The third kappa shape index (κ3) is 3.81. The molecule has 1 atom stereocenters. The van der Waals surface area contributed by atoms with Gasteiger partial charge in [-0.25, -0.2) is 0 Å². The zero-order valence-corrected chi connectivity index (χ0v) is 9.58. The van der Waals surface area contributed by atoms with Crippen molar-refractivity contribution in [3.63, 3.8) is 0 Å². The molecule has 15 heavy (non-hydrogen) atoms. The largest absolute Gasteiger partial charge is 0.488 e. The van der Waals surface area contributed by atoms with E-state index in [2.05, 4.69) is 4.98 Å². The molecule has 1 aromatic rings. The highest BCUT2D eigenvalue weighted by atomic mass is 32.1. The summed E-state index contributed by atoms with van der Waals surface area (Å²) in [5.41, 5.74) is 6.02. The Morgan fingerprint density at radius 2 is 2.40 bits per heavy atom. The van der Waals surface area contributed by atoms with E-state index in [0.717, 1.165) is 0 Å². The van der Waals surface area contributed by atoms with Crippen LogP contribution in [-0.2, 0) is 4.74 Å². The number of hydrogen-bond acceptors (Lipinski definition) is 4. The number of aromatic nitrogens is 1. The van der Waals surface area contributed by atoms with E-state index in [-0.39, 0.29) is 11.1 Å². The fourth-order valence-electron chi connectivity index (χ4n) is 1.12. The molecule has 0 aliphatic rings. The number of thiocarbonyl (C=S) groups is 1. The van der Waals surface area contributed by atoms with Gasteiger partial charge in [0.25, 0.3) is 0 Å². The summed E-state index contributed by atoms with van der Waals surface area (Å²) in [5.74, 6) is 0.692. The molecule has 0 aliphatic carbocycles. The molecule has 0 saturated heterocycles. The van der Waals surface area contributed by atoms with Gasteiger partial charge in [0.05, 0.1) is 6.61 Å². The van der Waals surface area contributed by atoms with Crippen LogP contribution in [0, 0.1) is 0 Å². The summed E-state index contributed by atoms with van der Waals surface area (Å²) < 4.78 is 10.5. The van der Waals surface area contributed by atoms with Crippen LogP contribution >= 0.6 is 12.2 Å². The van der Waals surface area contributed by atoms with E-state index in [1.807, 2.05) is 6.92 Å². The molecule has 0 bridgehead atoms. The Bertz CT molecular complexity index is 344. The highest BCUT2D eigenvalue weighted by Gasteiger charge is 2.05. The van der Waals surface area contributed by atoms with Gasteiger partial charge in [-0.2, -0.15) is 0 Å². The van der Waals surface area contributed by atoms with E-state index in [9.17, 15) is 0 Å². The molecule has 1 aromatic heterocycles. The van der Waals surface area contributed by atoms with Crippen molar-refractivity contribution in [2.24, 2.45) is 5.73 Å². The fraction of sp³-hybridized carbons (Fsp3) is 0.400. The van der Waals surface area contributed by atoms with E-state index in [4.69, 9.17) is 27.4 Å². The number of ether oxygens (including phenoxy) is 2. The quantitative estimate of drug-likeness (QED) is 0.763. The Morgan fingerprint density at radius 3 is 3.00 bits per heavy atom. The van der Waals surface area contributed by atoms with Crippen LogP contribution in [0.4, 0.5) is 0 Å². The van der Waals surface area contributed by atoms with Crippen molar-refractivity contribution in [3.8, 4) is 5.75 Å². The maximum atomic E-state index is 5.57. The van der Waals surface area contributed by atoms with Crippen molar-refractivity contribution in [1.82, 2.24) is 4.98 Å². The number of methoxy groups -OCH3 is 1. The SMILES string of the molecule is COCC(C)Oc1ccnc(C(N)=S)c1. The molecule has 0 fully saturated rings.